The first-order chi connectivity index (χ1) is 9.61. The van der Waals surface area contributed by atoms with Crippen LogP contribution >= 0.6 is 0 Å². The Kier molecular flexibility index (Phi) is 4.35. The molecule has 0 atom stereocenters. The Morgan fingerprint density at radius 3 is 2.20 bits per heavy atom. The van der Waals surface area contributed by atoms with Crippen molar-refractivity contribution in [1.29, 1.82) is 0 Å². The minimum atomic E-state index is -0.464. The highest BCUT2D eigenvalue weighted by molar-refractivity contribution is 5.53. The SMILES string of the molecule is CCOc1ccc(CCc2ccc(O)c(O)c2O)cc1. The van der Waals surface area contributed by atoms with Crippen LogP contribution in [0.2, 0.25) is 0 Å². The number of benzene rings is 2. The number of rotatable bonds is 5. The summed E-state index contributed by atoms with van der Waals surface area (Å²) in [5.74, 6) is -0.196. The standard InChI is InChI=1S/C16H18O4/c1-2-20-13-8-4-11(5-9-13)3-6-12-7-10-14(17)16(19)15(12)18/h4-5,7-10,17-19H,2-3,6H2,1H3. The van der Waals surface area contributed by atoms with E-state index in [2.05, 4.69) is 0 Å². The van der Waals surface area contributed by atoms with Gasteiger partial charge in [0.25, 0.3) is 0 Å². The van der Waals surface area contributed by atoms with Gasteiger partial charge in [-0.1, -0.05) is 18.2 Å². The molecule has 0 fully saturated rings. The maximum atomic E-state index is 9.74. The van der Waals surface area contributed by atoms with Crippen molar-refractivity contribution in [2.45, 2.75) is 19.8 Å². The van der Waals surface area contributed by atoms with E-state index < -0.39 is 5.75 Å². The largest absolute Gasteiger partial charge is 0.504 e. The van der Waals surface area contributed by atoms with E-state index in [-0.39, 0.29) is 11.5 Å². The van der Waals surface area contributed by atoms with Gasteiger partial charge in [0, 0.05) is 0 Å². The number of phenolic OH excluding ortho intramolecular Hbond substituents is 3. The Labute approximate surface area is 117 Å². The van der Waals surface area contributed by atoms with Crippen molar-refractivity contribution < 1.29 is 20.1 Å². The van der Waals surface area contributed by atoms with Crippen molar-refractivity contribution >= 4 is 0 Å². The van der Waals surface area contributed by atoms with Crippen LogP contribution in [0.1, 0.15) is 18.1 Å². The quantitative estimate of drug-likeness (QED) is 0.733. The molecule has 0 saturated carbocycles. The van der Waals surface area contributed by atoms with Gasteiger partial charge in [-0.15, -0.1) is 0 Å². The van der Waals surface area contributed by atoms with Gasteiger partial charge in [-0.3, -0.25) is 0 Å². The zero-order valence-electron chi connectivity index (χ0n) is 11.3. The molecule has 0 amide bonds. The average molecular weight is 274 g/mol. The molecule has 0 heterocycles. The third-order valence-electron chi connectivity index (χ3n) is 3.13. The van der Waals surface area contributed by atoms with Crippen LogP contribution in [0.4, 0.5) is 0 Å². The van der Waals surface area contributed by atoms with E-state index in [1.807, 2.05) is 31.2 Å². The van der Waals surface area contributed by atoms with Crippen molar-refractivity contribution in [1.82, 2.24) is 0 Å². The smallest absolute Gasteiger partial charge is 0.200 e. The van der Waals surface area contributed by atoms with Gasteiger partial charge in [0.1, 0.15) is 5.75 Å². The highest BCUT2D eigenvalue weighted by Crippen LogP contribution is 2.37. The van der Waals surface area contributed by atoms with Crippen molar-refractivity contribution in [3.63, 3.8) is 0 Å². The minimum absolute atomic E-state index is 0.254. The topological polar surface area (TPSA) is 69.9 Å². The van der Waals surface area contributed by atoms with Gasteiger partial charge < -0.3 is 20.1 Å². The fraction of sp³-hybridized carbons (Fsp3) is 0.250. The highest BCUT2D eigenvalue weighted by atomic mass is 16.5. The second-order valence-corrected chi connectivity index (χ2v) is 4.52. The molecule has 0 bridgehead atoms. The molecule has 3 N–H and O–H groups in total. The van der Waals surface area contributed by atoms with Crippen molar-refractivity contribution in [2.24, 2.45) is 0 Å². The molecule has 0 saturated heterocycles. The molecule has 0 unspecified atom stereocenters. The van der Waals surface area contributed by atoms with Gasteiger partial charge in [0.2, 0.25) is 5.75 Å². The molecule has 2 aromatic rings. The van der Waals surface area contributed by atoms with Crippen LogP contribution < -0.4 is 4.74 Å². The fourth-order valence-electron chi connectivity index (χ4n) is 2.01. The third-order valence-corrected chi connectivity index (χ3v) is 3.13. The summed E-state index contributed by atoms with van der Waals surface area (Å²) >= 11 is 0. The predicted octanol–water partition coefficient (Wildman–Crippen LogP) is 2.99. The minimum Gasteiger partial charge on any atom is -0.504 e. The molecule has 0 radical (unpaired) electrons. The number of ether oxygens (including phenoxy) is 1. The summed E-state index contributed by atoms with van der Waals surface area (Å²) in [4.78, 5) is 0. The van der Waals surface area contributed by atoms with E-state index in [9.17, 15) is 15.3 Å². The number of phenols is 3. The maximum Gasteiger partial charge on any atom is 0.200 e. The molecule has 4 nitrogen and oxygen atoms in total. The Bertz CT molecular complexity index is 576. The van der Waals surface area contributed by atoms with E-state index >= 15 is 0 Å². The van der Waals surface area contributed by atoms with E-state index in [4.69, 9.17) is 4.74 Å². The molecule has 0 spiro atoms. The molecule has 0 aromatic heterocycles. The van der Waals surface area contributed by atoms with Gasteiger partial charge in [-0.25, -0.2) is 0 Å². The third kappa shape index (κ3) is 3.15. The highest BCUT2D eigenvalue weighted by Gasteiger charge is 2.10. The lowest BCUT2D eigenvalue weighted by Crippen LogP contribution is -1.94. The molecule has 0 aliphatic heterocycles. The molecule has 2 aromatic carbocycles. The normalized spacial score (nSPS) is 10.4. The second kappa shape index (κ2) is 6.19. The van der Waals surface area contributed by atoms with Crippen LogP contribution in [0.15, 0.2) is 36.4 Å². The molecule has 20 heavy (non-hydrogen) atoms. The van der Waals surface area contributed by atoms with E-state index in [0.29, 0.717) is 18.6 Å². The van der Waals surface area contributed by atoms with Crippen molar-refractivity contribution in [3.05, 3.63) is 47.5 Å². The van der Waals surface area contributed by atoms with Crippen LogP contribution in [0.25, 0.3) is 0 Å². The molecule has 106 valence electrons. The van der Waals surface area contributed by atoms with Crippen molar-refractivity contribution in [3.8, 4) is 23.0 Å². The Hall–Kier alpha value is -2.36. The van der Waals surface area contributed by atoms with Crippen LogP contribution in [0.5, 0.6) is 23.0 Å². The Morgan fingerprint density at radius 2 is 1.55 bits per heavy atom. The molecular formula is C16H18O4. The summed E-state index contributed by atoms with van der Waals surface area (Å²) in [6.07, 6.45) is 1.30. The Balaban J connectivity index is 2.03. The summed E-state index contributed by atoms with van der Waals surface area (Å²) in [5.41, 5.74) is 1.72. The molecule has 2 rings (SSSR count). The lowest BCUT2D eigenvalue weighted by molar-refractivity contribution is 0.340. The number of hydrogen-bond donors (Lipinski definition) is 3. The second-order valence-electron chi connectivity index (χ2n) is 4.52. The fourth-order valence-corrected chi connectivity index (χ4v) is 2.01. The van der Waals surface area contributed by atoms with Gasteiger partial charge in [-0.2, -0.15) is 0 Å². The first-order valence-corrected chi connectivity index (χ1v) is 6.56. The zero-order valence-corrected chi connectivity index (χ0v) is 11.3. The van der Waals surface area contributed by atoms with Crippen LogP contribution in [-0.2, 0) is 12.8 Å². The maximum absolute atomic E-state index is 9.74. The lowest BCUT2D eigenvalue weighted by atomic mass is 10.0. The molecule has 4 heteroatoms. The summed E-state index contributed by atoms with van der Waals surface area (Å²) < 4.78 is 5.37. The number of aryl methyl sites for hydroxylation is 2. The van der Waals surface area contributed by atoms with Gasteiger partial charge in [0.15, 0.2) is 11.5 Å². The van der Waals surface area contributed by atoms with Crippen LogP contribution in [-0.4, -0.2) is 21.9 Å². The van der Waals surface area contributed by atoms with Crippen LogP contribution in [0.3, 0.4) is 0 Å². The summed E-state index contributed by atoms with van der Waals surface area (Å²) in [6.45, 7) is 2.58. The summed E-state index contributed by atoms with van der Waals surface area (Å²) in [7, 11) is 0. The molecule has 0 aliphatic rings. The van der Waals surface area contributed by atoms with Gasteiger partial charge >= 0.3 is 0 Å². The first-order valence-electron chi connectivity index (χ1n) is 6.56. The average Bonchev–Trinajstić information content (AvgIpc) is 2.46. The lowest BCUT2D eigenvalue weighted by Gasteiger charge is -2.08. The van der Waals surface area contributed by atoms with Crippen molar-refractivity contribution in [2.75, 3.05) is 6.61 Å². The monoisotopic (exact) mass is 274 g/mol. The van der Waals surface area contributed by atoms with Gasteiger partial charge in [0.05, 0.1) is 6.61 Å². The predicted molar refractivity (Wildman–Crippen MR) is 76.5 cm³/mol. The van der Waals surface area contributed by atoms with E-state index in [1.165, 1.54) is 6.07 Å². The Morgan fingerprint density at radius 1 is 0.850 bits per heavy atom. The zero-order chi connectivity index (χ0) is 14.5. The molecule has 0 aliphatic carbocycles. The number of aromatic hydroxyl groups is 3. The van der Waals surface area contributed by atoms with E-state index in [0.717, 1.165) is 17.7 Å². The summed E-state index contributed by atoms with van der Waals surface area (Å²) in [6, 6.07) is 10.8. The van der Waals surface area contributed by atoms with Gasteiger partial charge in [-0.05, 0) is 49.1 Å². The molecular weight excluding hydrogens is 256 g/mol. The first kappa shape index (κ1) is 14.1. The summed E-state index contributed by atoms with van der Waals surface area (Å²) in [5, 5.41) is 28.5. The number of hydrogen-bond acceptors (Lipinski definition) is 4. The van der Waals surface area contributed by atoms with E-state index in [1.54, 1.807) is 6.07 Å². The van der Waals surface area contributed by atoms with Crippen LogP contribution in [0, 0.1) is 0 Å².